The maximum absolute atomic E-state index is 13.9. The molecule has 42 heavy (non-hydrogen) atoms. The number of rotatable bonds is 13. The number of hydrogen-bond donors (Lipinski definition) is 1. The molecule has 214 valence electrons. The van der Waals surface area contributed by atoms with E-state index in [2.05, 4.69) is 34.5 Å². The fourth-order valence-corrected chi connectivity index (χ4v) is 5.21. The van der Waals surface area contributed by atoms with Crippen molar-refractivity contribution >= 4 is 5.91 Å². The largest absolute Gasteiger partial charge is 0.497 e. The average Bonchev–Trinajstić information content (AvgIpc) is 3.49. The molecule has 0 saturated carbocycles. The molecule has 1 heterocycles. The van der Waals surface area contributed by atoms with Crippen molar-refractivity contribution in [1.82, 2.24) is 10.2 Å². The Kier molecular flexibility index (Phi) is 9.81. The van der Waals surface area contributed by atoms with E-state index in [4.69, 9.17) is 9.15 Å². The van der Waals surface area contributed by atoms with Gasteiger partial charge < -0.3 is 14.5 Å². The first kappa shape index (κ1) is 28.8. The number of ether oxygens (including phenoxy) is 1. The molecule has 0 atom stereocenters. The molecule has 0 saturated heterocycles. The molecule has 0 fully saturated rings. The summed E-state index contributed by atoms with van der Waals surface area (Å²) < 4.78 is 25.3. The third-order valence-electron chi connectivity index (χ3n) is 7.22. The third-order valence-corrected chi connectivity index (χ3v) is 7.22. The summed E-state index contributed by atoms with van der Waals surface area (Å²) in [5.41, 5.74) is 4.34. The van der Waals surface area contributed by atoms with Crippen molar-refractivity contribution in [3.63, 3.8) is 0 Å². The molecule has 4 aromatic carbocycles. The molecule has 5 rings (SSSR count). The number of nitrogens with one attached hydrogen (secondary N) is 1. The van der Waals surface area contributed by atoms with Crippen LogP contribution in [-0.2, 0) is 19.6 Å². The summed E-state index contributed by atoms with van der Waals surface area (Å²) in [4.78, 5) is 15.2. The van der Waals surface area contributed by atoms with Crippen LogP contribution in [0.2, 0.25) is 0 Å². The van der Waals surface area contributed by atoms with Gasteiger partial charge >= 0.3 is 0 Å². The van der Waals surface area contributed by atoms with Gasteiger partial charge in [0.1, 0.15) is 17.3 Å². The fraction of sp³-hybridized carbons (Fsp3) is 0.194. The van der Waals surface area contributed by atoms with E-state index < -0.39 is 0 Å². The molecule has 0 bridgehead atoms. The SMILES string of the molecule is COc1cccc(CN(Cc2cccc(F)c2)Cc2ccc(C(=O)NCCC(c3ccccc3)c3ccccc3)o2)c1. The minimum atomic E-state index is -0.271. The van der Waals surface area contributed by atoms with E-state index in [1.54, 1.807) is 19.2 Å². The molecule has 0 radical (unpaired) electrons. The Morgan fingerprint density at radius 2 is 1.43 bits per heavy atom. The maximum atomic E-state index is 13.9. The molecule has 0 aliphatic carbocycles. The first-order valence-corrected chi connectivity index (χ1v) is 14.1. The van der Waals surface area contributed by atoms with Gasteiger partial charge in [-0.15, -0.1) is 0 Å². The van der Waals surface area contributed by atoms with Crippen LogP contribution >= 0.6 is 0 Å². The Hall–Kier alpha value is -4.68. The van der Waals surface area contributed by atoms with E-state index in [1.165, 1.54) is 23.3 Å². The first-order chi connectivity index (χ1) is 20.6. The van der Waals surface area contributed by atoms with Gasteiger partial charge in [0, 0.05) is 25.6 Å². The van der Waals surface area contributed by atoms with Crippen LogP contribution in [0.5, 0.6) is 5.75 Å². The van der Waals surface area contributed by atoms with Gasteiger partial charge in [-0.25, -0.2) is 4.39 Å². The highest BCUT2D eigenvalue weighted by molar-refractivity contribution is 5.91. The van der Waals surface area contributed by atoms with Gasteiger partial charge in [-0.2, -0.15) is 0 Å². The second kappa shape index (κ2) is 14.3. The fourth-order valence-electron chi connectivity index (χ4n) is 5.21. The Morgan fingerprint density at radius 1 is 0.786 bits per heavy atom. The standard InChI is InChI=1S/C36H35FN2O3/c1-41-32-17-9-11-28(23-32)25-39(24-27-10-8-16-31(37)22-27)26-33-18-19-35(42-33)36(40)38-21-20-34(29-12-4-2-5-13-29)30-14-6-3-7-15-30/h2-19,22-23,34H,20-21,24-26H2,1H3,(H,38,40). The highest BCUT2D eigenvalue weighted by Crippen LogP contribution is 2.27. The minimum absolute atomic E-state index is 0.174. The first-order valence-electron chi connectivity index (χ1n) is 14.1. The molecule has 0 spiro atoms. The number of benzene rings is 4. The van der Waals surface area contributed by atoms with Gasteiger partial charge in [0.2, 0.25) is 0 Å². The Bertz CT molecular complexity index is 1530. The van der Waals surface area contributed by atoms with Crippen molar-refractivity contribution in [2.24, 2.45) is 0 Å². The zero-order chi connectivity index (χ0) is 29.1. The van der Waals surface area contributed by atoms with Crippen LogP contribution in [0.3, 0.4) is 0 Å². The zero-order valence-electron chi connectivity index (χ0n) is 23.7. The number of carbonyl (C=O) groups is 1. The van der Waals surface area contributed by atoms with Crippen LogP contribution in [-0.4, -0.2) is 24.5 Å². The predicted octanol–water partition coefficient (Wildman–Crippen LogP) is 7.58. The summed E-state index contributed by atoms with van der Waals surface area (Å²) in [6.07, 6.45) is 0.759. The zero-order valence-corrected chi connectivity index (χ0v) is 23.7. The third kappa shape index (κ3) is 7.95. The lowest BCUT2D eigenvalue weighted by atomic mass is 9.88. The highest BCUT2D eigenvalue weighted by atomic mass is 19.1. The topological polar surface area (TPSA) is 54.7 Å². The number of hydrogen-bond acceptors (Lipinski definition) is 4. The van der Waals surface area contributed by atoms with Crippen LogP contribution in [0.1, 0.15) is 50.9 Å². The van der Waals surface area contributed by atoms with Gasteiger partial charge in [0.15, 0.2) is 5.76 Å². The van der Waals surface area contributed by atoms with Crippen molar-refractivity contribution in [3.05, 3.63) is 161 Å². The normalized spacial score (nSPS) is 11.1. The lowest BCUT2D eigenvalue weighted by molar-refractivity contribution is 0.0920. The van der Waals surface area contributed by atoms with Gasteiger partial charge in [-0.3, -0.25) is 9.69 Å². The summed E-state index contributed by atoms with van der Waals surface area (Å²) in [7, 11) is 1.64. The number of carbonyl (C=O) groups excluding carboxylic acids is 1. The van der Waals surface area contributed by atoms with Crippen molar-refractivity contribution in [2.75, 3.05) is 13.7 Å². The number of halogens is 1. The number of furan rings is 1. The Morgan fingerprint density at radius 3 is 2.07 bits per heavy atom. The van der Waals surface area contributed by atoms with Gasteiger partial charge in [0.25, 0.3) is 5.91 Å². The average molecular weight is 563 g/mol. The summed E-state index contributed by atoms with van der Waals surface area (Å²) in [5, 5.41) is 3.03. The summed E-state index contributed by atoms with van der Waals surface area (Å²) in [6.45, 7) is 2.06. The van der Waals surface area contributed by atoms with Crippen LogP contribution in [0.4, 0.5) is 4.39 Å². The van der Waals surface area contributed by atoms with Gasteiger partial charge in [-0.1, -0.05) is 84.9 Å². The molecule has 1 aromatic heterocycles. The quantitative estimate of drug-likeness (QED) is 0.161. The van der Waals surface area contributed by atoms with Crippen LogP contribution < -0.4 is 10.1 Å². The van der Waals surface area contributed by atoms with E-state index in [0.717, 1.165) is 23.3 Å². The molecule has 5 aromatic rings. The summed E-state index contributed by atoms with van der Waals surface area (Å²) in [6, 6.07) is 38.7. The number of nitrogens with zero attached hydrogens (tertiary/aromatic N) is 1. The van der Waals surface area contributed by atoms with Crippen molar-refractivity contribution in [2.45, 2.75) is 32.0 Å². The maximum Gasteiger partial charge on any atom is 0.286 e. The Balaban J connectivity index is 1.24. The number of methoxy groups -OCH3 is 1. The lowest BCUT2D eigenvalue weighted by Crippen LogP contribution is -2.25. The Labute approximate surface area is 246 Å². The van der Waals surface area contributed by atoms with Gasteiger partial charge in [0.05, 0.1) is 13.7 Å². The highest BCUT2D eigenvalue weighted by Gasteiger charge is 2.17. The summed E-state index contributed by atoms with van der Waals surface area (Å²) >= 11 is 0. The molecule has 6 heteroatoms. The molecule has 0 aliphatic heterocycles. The van der Waals surface area contributed by atoms with Crippen LogP contribution in [0.25, 0.3) is 0 Å². The van der Waals surface area contributed by atoms with E-state index >= 15 is 0 Å². The van der Waals surface area contributed by atoms with E-state index in [0.29, 0.717) is 31.9 Å². The van der Waals surface area contributed by atoms with Crippen molar-refractivity contribution in [3.8, 4) is 5.75 Å². The summed E-state index contributed by atoms with van der Waals surface area (Å²) in [5.74, 6) is 1.36. The molecular formula is C36H35FN2O3. The van der Waals surface area contributed by atoms with E-state index in [-0.39, 0.29) is 23.4 Å². The van der Waals surface area contributed by atoms with Crippen molar-refractivity contribution < 1.29 is 18.3 Å². The predicted molar refractivity (Wildman–Crippen MR) is 163 cm³/mol. The molecule has 0 unspecified atom stereocenters. The smallest absolute Gasteiger partial charge is 0.286 e. The second-order valence-corrected chi connectivity index (χ2v) is 10.3. The van der Waals surface area contributed by atoms with Crippen LogP contribution in [0.15, 0.2) is 126 Å². The molecule has 1 amide bonds. The van der Waals surface area contributed by atoms with Gasteiger partial charge in [-0.05, 0) is 65.1 Å². The molecule has 1 N–H and O–H groups in total. The second-order valence-electron chi connectivity index (χ2n) is 10.3. The monoisotopic (exact) mass is 562 g/mol. The molecule has 0 aliphatic rings. The molecule has 5 nitrogen and oxygen atoms in total. The number of amides is 1. The van der Waals surface area contributed by atoms with Crippen LogP contribution in [0, 0.1) is 5.82 Å². The molecular weight excluding hydrogens is 527 g/mol. The lowest BCUT2D eigenvalue weighted by Gasteiger charge is -2.22. The minimum Gasteiger partial charge on any atom is -0.497 e. The van der Waals surface area contributed by atoms with Crippen molar-refractivity contribution in [1.29, 1.82) is 0 Å². The van der Waals surface area contributed by atoms with E-state index in [9.17, 15) is 9.18 Å². The van der Waals surface area contributed by atoms with E-state index in [1.807, 2.05) is 72.8 Å².